The van der Waals surface area contributed by atoms with E-state index < -0.39 is 15.8 Å². The Morgan fingerprint density at radius 1 is 1.53 bits per heavy atom. The minimum absolute atomic E-state index is 0.0881. The van der Waals surface area contributed by atoms with Crippen LogP contribution in [0.15, 0.2) is 23.1 Å². The first-order valence-electron chi connectivity index (χ1n) is 4.92. The molecule has 1 rings (SSSR count). The number of anilines is 1. The van der Waals surface area contributed by atoms with Gasteiger partial charge in [-0.3, -0.25) is 0 Å². The molecular weight excluding hydrogens is 247 g/mol. The summed E-state index contributed by atoms with van der Waals surface area (Å²) in [6.45, 7) is 2.23. The van der Waals surface area contributed by atoms with Crippen LogP contribution in [-0.2, 0) is 14.8 Å². The molecule has 0 fully saturated rings. The summed E-state index contributed by atoms with van der Waals surface area (Å²) >= 11 is 0. The molecule has 1 atom stereocenters. The van der Waals surface area contributed by atoms with Crippen molar-refractivity contribution < 1.29 is 17.5 Å². The van der Waals surface area contributed by atoms with Crippen LogP contribution in [0.5, 0.6) is 0 Å². The first-order valence-corrected chi connectivity index (χ1v) is 6.47. The van der Waals surface area contributed by atoms with E-state index in [4.69, 9.17) is 9.88 Å². The molecule has 1 unspecified atom stereocenters. The standard InChI is InChI=1S/C10H15FN2O3S/c1-7(6-16-2)13-10-4-3-8(5-9(10)11)17(12,14)15/h3-5,7,13H,6H2,1-2H3,(H2,12,14,15). The number of rotatable bonds is 5. The third kappa shape index (κ3) is 3.95. The van der Waals surface area contributed by atoms with Crippen molar-refractivity contribution in [2.24, 2.45) is 5.14 Å². The van der Waals surface area contributed by atoms with Gasteiger partial charge in [-0.1, -0.05) is 0 Å². The molecule has 7 heteroatoms. The SMILES string of the molecule is COCC(C)Nc1ccc(S(N)(=O)=O)cc1F. The van der Waals surface area contributed by atoms with E-state index in [9.17, 15) is 12.8 Å². The molecule has 0 aliphatic carbocycles. The lowest BCUT2D eigenvalue weighted by Crippen LogP contribution is -2.21. The second-order valence-electron chi connectivity index (χ2n) is 3.69. The van der Waals surface area contributed by atoms with Gasteiger partial charge in [0.25, 0.3) is 0 Å². The van der Waals surface area contributed by atoms with Crippen molar-refractivity contribution in [3.8, 4) is 0 Å². The van der Waals surface area contributed by atoms with Gasteiger partial charge in [0.2, 0.25) is 10.0 Å². The van der Waals surface area contributed by atoms with Crippen LogP contribution in [-0.4, -0.2) is 28.2 Å². The number of benzene rings is 1. The predicted molar refractivity (Wildman–Crippen MR) is 62.7 cm³/mol. The van der Waals surface area contributed by atoms with Crippen molar-refractivity contribution in [3.63, 3.8) is 0 Å². The van der Waals surface area contributed by atoms with Gasteiger partial charge in [-0.05, 0) is 25.1 Å². The number of ether oxygens (including phenoxy) is 1. The lowest BCUT2D eigenvalue weighted by molar-refractivity contribution is 0.190. The summed E-state index contributed by atoms with van der Waals surface area (Å²) in [7, 11) is -2.33. The fourth-order valence-corrected chi connectivity index (χ4v) is 1.87. The number of halogens is 1. The third-order valence-corrected chi connectivity index (χ3v) is 3.00. The summed E-state index contributed by atoms with van der Waals surface area (Å²) in [6.07, 6.45) is 0. The van der Waals surface area contributed by atoms with Gasteiger partial charge in [0.15, 0.2) is 0 Å². The van der Waals surface area contributed by atoms with Crippen molar-refractivity contribution in [2.45, 2.75) is 17.9 Å². The molecule has 0 amide bonds. The average Bonchev–Trinajstić information content (AvgIpc) is 2.20. The summed E-state index contributed by atoms with van der Waals surface area (Å²) in [5.41, 5.74) is 0.210. The zero-order valence-electron chi connectivity index (χ0n) is 9.60. The number of methoxy groups -OCH3 is 1. The average molecular weight is 262 g/mol. The number of nitrogens with two attached hydrogens (primary N) is 1. The molecule has 3 N–H and O–H groups in total. The van der Waals surface area contributed by atoms with E-state index in [0.29, 0.717) is 6.61 Å². The van der Waals surface area contributed by atoms with E-state index in [1.54, 1.807) is 7.11 Å². The van der Waals surface area contributed by atoms with Crippen LogP contribution < -0.4 is 10.5 Å². The van der Waals surface area contributed by atoms with Crippen LogP contribution in [0.2, 0.25) is 0 Å². The van der Waals surface area contributed by atoms with Gasteiger partial charge < -0.3 is 10.1 Å². The smallest absolute Gasteiger partial charge is 0.238 e. The fraction of sp³-hybridized carbons (Fsp3) is 0.400. The van der Waals surface area contributed by atoms with Gasteiger partial charge >= 0.3 is 0 Å². The first-order chi connectivity index (χ1) is 7.84. The second-order valence-corrected chi connectivity index (χ2v) is 5.25. The van der Waals surface area contributed by atoms with Crippen LogP contribution >= 0.6 is 0 Å². The normalized spacial score (nSPS) is 13.4. The van der Waals surface area contributed by atoms with Crippen LogP contribution in [0.25, 0.3) is 0 Å². The summed E-state index contributed by atoms with van der Waals surface area (Å²) in [5, 5.41) is 7.74. The highest BCUT2D eigenvalue weighted by molar-refractivity contribution is 7.89. The largest absolute Gasteiger partial charge is 0.383 e. The zero-order valence-corrected chi connectivity index (χ0v) is 10.4. The number of hydrogen-bond acceptors (Lipinski definition) is 4. The maximum atomic E-state index is 13.6. The quantitative estimate of drug-likeness (QED) is 0.826. The molecule has 5 nitrogen and oxygen atoms in total. The molecule has 0 bridgehead atoms. The molecule has 0 aliphatic heterocycles. The van der Waals surface area contributed by atoms with Crippen molar-refractivity contribution >= 4 is 15.7 Å². The Morgan fingerprint density at radius 3 is 2.65 bits per heavy atom. The lowest BCUT2D eigenvalue weighted by Gasteiger charge is -2.15. The molecule has 1 aromatic rings. The predicted octanol–water partition coefficient (Wildman–Crippen LogP) is 0.920. The Bertz CT molecular complexity index is 490. The highest BCUT2D eigenvalue weighted by Gasteiger charge is 2.12. The third-order valence-electron chi connectivity index (χ3n) is 2.09. The Labute approximate surface area is 99.8 Å². The van der Waals surface area contributed by atoms with Gasteiger partial charge in [-0.25, -0.2) is 17.9 Å². The van der Waals surface area contributed by atoms with Gasteiger partial charge in [0, 0.05) is 13.2 Å². The van der Waals surface area contributed by atoms with Crippen molar-refractivity contribution in [1.82, 2.24) is 0 Å². The fourth-order valence-electron chi connectivity index (χ4n) is 1.35. The van der Waals surface area contributed by atoms with Crippen molar-refractivity contribution in [3.05, 3.63) is 24.0 Å². The van der Waals surface area contributed by atoms with Crippen LogP contribution in [0, 0.1) is 5.82 Å². The second kappa shape index (κ2) is 5.44. The number of nitrogens with one attached hydrogen (secondary N) is 1. The molecule has 17 heavy (non-hydrogen) atoms. The summed E-state index contributed by atoms with van der Waals surface area (Å²) < 4.78 is 40.4. The highest BCUT2D eigenvalue weighted by atomic mass is 32.2. The highest BCUT2D eigenvalue weighted by Crippen LogP contribution is 2.18. The van der Waals surface area contributed by atoms with Crippen molar-refractivity contribution in [2.75, 3.05) is 19.0 Å². The Kier molecular flexibility index (Phi) is 4.44. The Balaban J connectivity index is 2.91. The van der Waals surface area contributed by atoms with Gasteiger partial charge in [0.1, 0.15) is 5.82 Å². The maximum absolute atomic E-state index is 13.6. The van der Waals surface area contributed by atoms with E-state index in [2.05, 4.69) is 5.32 Å². The first kappa shape index (κ1) is 13.9. The molecular formula is C10H15FN2O3S. The topological polar surface area (TPSA) is 81.4 Å². The molecule has 0 saturated heterocycles. The molecule has 0 radical (unpaired) electrons. The summed E-state index contributed by atoms with van der Waals surface area (Å²) in [6, 6.07) is 3.38. The van der Waals surface area contributed by atoms with Crippen LogP contribution in [0.3, 0.4) is 0 Å². The van der Waals surface area contributed by atoms with E-state index in [1.165, 1.54) is 12.1 Å². The zero-order chi connectivity index (χ0) is 13.1. The Morgan fingerprint density at radius 2 is 2.18 bits per heavy atom. The minimum atomic E-state index is -3.87. The number of hydrogen-bond donors (Lipinski definition) is 2. The molecule has 0 aromatic heterocycles. The molecule has 96 valence electrons. The molecule has 0 aliphatic rings. The van der Waals surface area contributed by atoms with Crippen molar-refractivity contribution in [1.29, 1.82) is 0 Å². The number of sulfonamides is 1. The van der Waals surface area contributed by atoms with Gasteiger partial charge in [-0.2, -0.15) is 0 Å². The molecule has 0 spiro atoms. The van der Waals surface area contributed by atoms with Gasteiger partial charge in [-0.15, -0.1) is 0 Å². The van der Waals surface area contributed by atoms with Crippen LogP contribution in [0.4, 0.5) is 10.1 Å². The maximum Gasteiger partial charge on any atom is 0.238 e. The monoisotopic (exact) mass is 262 g/mol. The molecule has 1 aromatic carbocycles. The van der Waals surface area contributed by atoms with Crippen LogP contribution in [0.1, 0.15) is 6.92 Å². The van der Waals surface area contributed by atoms with E-state index in [1.807, 2.05) is 6.92 Å². The summed E-state index contributed by atoms with van der Waals surface area (Å²) in [4.78, 5) is -0.250. The van der Waals surface area contributed by atoms with E-state index in [-0.39, 0.29) is 16.6 Å². The summed E-state index contributed by atoms with van der Waals surface area (Å²) in [5.74, 6) is -0.667. The number of primary sulfonamides is 1. The van der Waals surface area contributed by atoms with Gasteiger partial charge in [0.05, 0.1) is 17.2 Å². The van der Waals surface area contributed by atoms with E-state index in [0.717, 1.165) is 6.07 Å². The molecule has 0 saturated carbocycles. The minimum Gasteiger partial charge on any atom is -0.383 e. The van der Waals surface area contributed by atoms with E-state index >= 15 is 0 Å². The lowest BCUT2D eigenvalue weighted by atomic mass is 10.2. The molecule has 0 heterocycles. The Hall–Kier alpha value is -1.18.